The molecule has 1 aliphatic rings. The molecule has 1 aromatic rings. The zero-order valence-corrected chi connectivity index (χ0v) is 13.4. The Morgan fingerprint density at radius 2 is 2.10 bits per heavy atom. The van der Waals surface area contributed by atoms with Crippen LogP contribution in [0.5, 0.6) is 0 Å². The molecular weight excluding hydrogens is 323 g/mol. The molecule has 0 spiro atoms. The molecule has 3 nitrogen and oxygen atoms in total. The monoisotopic (exact) mass is 342 g/mol. The van der Waals surface area contributed by atoms with Crippen molar-refractivity contribution in [3.63, 3.8) is 0 Å². The molecule has 0 saturated carbocycles. The molecule has 2 rings (SSSR count). The van der Waals surface area contributed by atoms with Crippen molar-refractivity contribution in [2.45, 2.75) is 38.8 Å². The van der Waals surface area contributed by atoms with Gasteiger partial charge in [-0.05, 0) is 53.4 Å². The van der Waals surface area contributed by atoms with E-state index >= 15 is 0 Å². The molecule has 5 heteroatoms. The van der Waals surface area contributed by atoms with Crippen LogP contribution in [0.2, 0.25) is 0 Å². The Kier molecular flexibility index (Phi) is 5.16. The summed E-state index contributed by atoms with van der Waals surface area (Å²) in [5, 5.41) is 3.56. The van der Waals surface area contributed by atoms with Gasteiger partial charge in [-0.15, -0.1) is 0 Å². The Balaban J connectivity index is 1.90. The smallest absolute Gasteiger partial charge is 0.219 e. The van der Waals surface area contributed by atoms with E-state index in [1.807, 2.05) is 17.0 Å². The molecule has 1 amide bonds. The molecular formula is C15H20BrFN2O. The SMILES string of the molecule is CC(=O)N1CCC(NC(C)c2ccc(F)c(Br)c2)CC1. The molecule has 1 unspecified atom stereocenters. The molecule has 110 valence electrons. The average molecular weight is 343 g/mol. The predicted octanol–water partition coefficient (Wildman–Crippen LogP) is 3.25. The average Bonchev–Trinajstić information content (AvgIpc) is 2.42. The van der Waals surface area contributed by atoms with Crippen molar-refractivity contribution in [3.05, 3.63) is 34.1 Å². The van der Waals surface area contributed by atoms with E-state index in [4.69, 9.17) is 0 Å². The lowest BCUT2D eigenvalue weighted by Crippen LogP contribution is -2.44. The van der Waals surface area contributed by atoms with Crippen LogP contribution in [0.4, 0.5) is 4.39 Å². The lowest BCUT2D eigenvalue weighted by atomic mass is 10.0. The number of carbonyl (C=O) groups is 1. The van der Waals surface area contributed by atoms with Crippen molar-refractivity contribution in [1.82, 2.24) is 10.2 Å². The third kappa shape index (κ3) is 3.79. The van der Waals surface area contributed by atoms with E-state index in [0.717, 1.165) is 31.5 Å². The fourth-order valence-corrected chi connectivity index (χ4v) is 2.99. The maximum absolute atomic E-state index is 13.2. The fraction of sp³-hybridized carbons (Fsp3) is 0.533. The van der Waals surface area contributed by atoms with Crippen molar-refractivity contribution in [3.8, 4) is 0 Å². The van der Waals surface area contributed by atoms with Gasteiger partial charge in [0, 0.05) is 32.1 Å². The van der Waals surface area contributed by atoms with Gasteiger partial charge in [-0.3, -0.25) is 4.79 Å². The van der Waals surface area contributed by atoms with Crippen LogP contribution < -0.4 is 5.32 Å². The highest BCUT2D eigenvalue weighted by atomic mass is 79.9. The number of rotatable bonds is 3. The van der Waals surface area contributed by atoms with Crippen LogP contribution in [-0.2, 0) is 4.79 Å². The molecule has 1 aliphatic heterocycles. The van der Waals surface area contributed by atoms with E-state index in [1.54, 1.807) is 6.92 Å². The first kappa shape index (κ1) is 15.4. The lowest BCUT2D eigenvalue weighted by molar-refractivity contribution is -0.129. The van der Waals surface area contributed by atoms with Gasteiger partial charge in [-0.25, -0.2) is 4.39 Å². The second-order valence-corrected chi connectivity index (χ2v) is 6.20. The van der Waals surface area contributed by atoms with E-state index < -0.39 is 0 Å². The number of piperidine rings is 1. The highest BCUT2D eigenvalue weighted by molar-refractivity contribution is 9.10. The molecule has 0 aromatic heterocycles. The Labute approximate surface area is 127 Å². The highest BCUT2D eigenvalue weighted by Crippen LogP contribution is 2.22. The van der Waals surface area contributed by atoms with Crippen molar-refractivity contribution >= 4 is 21.8 Å². The van der Waals surface area contributed by atoms with Crippen molar-refractivity contribution in [2.24, 2.45) is 0 Å². The van der Waals surface area contributed by atoms with Gasteiger partial charge in [0.25, 0.3) is 0 Å². The van der Waals surface area contributed by atoms with Gasteiger partial charge in [0.15, 0.2) is 0 Å². The first-order valence-electron chi connectivity index (χ1n) is 6.94. The van der Waals surface area contributed by atoms with Crippen molar-refractivity contribution in [2.75, 3.05) is 13.1 Å². The zero-order valence-electron chi connectivity index (χ0n) is 11.8. The summed E-state index contributed by atoms with van der Waals surface area (Å²) in [5.74, 6) is -0.0883. The van der Waals surface area contributed by atoms with Crippen molar-refractivity contribution < 1.29 is 9.18 Å². The summed E-state index contributed by atoms with van der Waals surface area (Å²) in [6.07, 6.45) is 1.93. The quantitative estimate of drug-likeness (QED) is 0.914. The van der Waals surface area contributed by atoms with Crippen LogP contribution in [0, 0.1) is 5.82 Å². The molecule has 1 N–H and O–H groups in total. The first-order valence-corrected chi connectivity index (χ1v) is 7.73. The molecule has 1 aromatic carbocycles. The molecule has 1 heterocycles. The second-order valence-electron chi connectivity index (χ2n) is 5.34. The summed E-state index contributed by atoms with van der Waals surface area (Å²) < 4.78 is 13.7. The van der Waals surface area contributed by atoms with Crippen LogP contribution in [-0.4, -0.2) is 29.9 Å². The Bertz CT molecular complexity index is 487. The largest absolute Gasteiger partial charge is 0.343 e. The standard InChI is InChI=1S/C15H20BrFN2O/c1-10(12-3-4-15(17)14(16)9-12)18-13-5-7-19(8-6-13)11(2)20/h3-4,9-10,13,18H,5-8H2,1-2H3. The van der Waals surface area contributed by atoms with Gasteiger partial charge >= 0.3 is 0 Å². The minimum atomic E-state index is -0.240. The van der Waals surface area contributed by atoms with Crippen molar-refractivity contribution in [1.29, 1.82) is 0 Å². The predicted molar refractivity (Wildman–Crippen MR) is 80.9 cm³/mol. The summed E-state index contributed by atoms with van der Waals surface area (Å²) in [6.45, 7) is 5.32. The van der Waals surface area contributed by atoms with Gasteiger partial charge in [0.1, 0.15) is 5.82 Å². The number of likely N-dealkylation sites (tertiary alicyclic amines) is 1. The molecule has 1 saturated heterocycles. The van der Waals surface area contributed by atoms with Crippen LogP contribution in [0.25, 0.3) is 0 Å². The summed E-state index contributed by atoms with van der Waals surface area (Å²) >= 11 is 3.22. The molecule has 20 heavy (non-hydrogen) atoms. The minimum Gasteiger partial charge on any atom is -0.343 e. The number of amides is 1. The number of benzene rings is 1. The van der Waals surface area contributed by atoms with Gasteiger partial charge in [0.05, 0.1) is 4.47 Å². The third-order valence-corrected chi connectivity index (χ3v) is 4.48. The first-order chi connectivity index (χ1) is 9.47. The normalized spacial score (nSPS) is 18.1. The van der Waals surface area contributed by atoms with Crippen LogP contribution in [0.3, 0.4) is 0 Å². The van der Waals surface area contributed by atoms with Gasteiger partial charge in [-0.1, -0.05) is 6.07 Å². The van der Waals surface area contributed by atoms with Gasteiger partial charge < -0.3 is 10.2 Å². The summed E-state index contributed by atoms with van der Waals surface area (Å²) in [7, 11) is 0. The number of hydrogen-bond donors (Lipinski definition) is 1. The van der Waals surface area contributed by atoms with E-state index in [2.05, 4.69) is 28.2 Å². The number of carbonyl (C=O) groups excluding carboxylic acids is 1. The van der Waals surface area contributed by atoms with E-state index in [0.29, 0.717) is 10.5 Å². The topological polar surface area (TPSA) is 32.3 Å². The Morgan fingerprint density at radius 1 is 1.45 bits per heavy atom. The molecule has 0 radical (unpaired) electrons. The molecule has 0 bridgehead atoms. The number of nitrogens with zero attached hydrogens (tertiary/aromatic N) is 1. The van der Waals surface area contributed by atoms with Gasteiger partial charge in [0.2, 0.25) is 5.91 Å². The number of nitrogens with one attached hydrogen (secondary N) is 1. The van der Waals surface area contributed by atoms with Crippen LogP contribution in [0.15, 0.2) is 22.7 Å². The summed E-state index contributed by atoms with van der Waals surface area (Å²) in [4.78, 5) is 13.2. The lowest BCUT2D eigenvalue weighted by Gasteiger charge is -2.33. The maximum Gasteiger partial charge on any atom is 0.219 e. The van der Waals surface area contributed by atoms with Crippen LogP contribution in [0.1, 0.15) is 38.3 Å². The molecule has 1 fully saturated rings. The summed E-state index contributed by atoms with van der Waals surface area (Å²) in [6, 6.07) is 5.68. The molecule has 0 aliphatic carbocycles. The van der Waals surface area contributed by atoms with E-state index in [9.17, 15) is 9.18 Å². The van der Waals surface area contributed by atoms with E-state index in [1.165, 1.54) is 6.07 Å². The third-order valence-electron chi connectivity index (χ3n) is 3.87. The van der Waals surface area contributed by atoms with Gasteiger partial charge in [-0.2, -0.15) is 0 Å². The summed E-state index contributed by atoms with van der Waals surface area (Å²) in [5.41, 5.74) is 1.06. The zero-order chi connectivity index (χ0) is 14.7. The second kappa shape index (κ2) is 6.68. The number of halogens is 2. The Morgan fingerprint density at radius 3 is 2.65 bits per heavy atom. The number of hydrogen-bond acceptors (Lipinski definition) is 2. The molecule has 1 atom stereocenters. The highest BCUT2D eigenvalue weighted by Gasteiger charge is 2.22. The minimum absolute atomic E-state index is 0.152. The van der Waals surface area contributed by atoms with E-state index in [-0.39, 0.29) is 17.8 Å². The fourth-order valence-electron chi connectivity index (χ4n) is 2.59. The van der Waals surface area contributed by atoms with Crippen LogP contribution >= 0.6 is 15.9 Å². The Hall–Kier alpha value is -0.940. The maximum atomic E-state index is 13.2.